The van der Waals surface area contributed by atoms with Gasteiger partial charge >= 0.3 is 0 Å². The van der Waals surface area contributed by atoms with E-state index in [1.54, 1.807) is 23.6 Å². The second-order valence-electron chi connectivity index (χ2n) is 4.09. The minimum absolute atomic E-state index is 0.0166. The molecule has 1 heterocycles. The summed E-state index contributed by atoms with van der Waals surface area (Å²) in [4.78, 5) is 4.21. The predicted octanol–water partition coefficient (Wildman–Crippen LogP) is 2.45. The van der Waals surface area contributed by atoms with E-state index in [1.807, 2.05) is 12.3 Å². The highest BCUT2D eigenvalue weighted by Gasteiger charge is 2.10. The van der Waals surface area contributed by atoms with Crippen molar-refractivity contribution in [1.29, 1.82) is 0 Å². The maximum Gasteiger partial charge on any atom is 0.120 e. The van der Waals surface area contributed by atoms with E-state index >= 15 is 0 Å². The molecule has 3 N–H and O–H groups in total. The van der Waals surface area contributed by atoms with Gasteiger partial charge < -0.3 is 15.5 Å². The SMILES string of the molecule is CC(NCCc1nccs1)c1cc(O)ccc1O. The van der Waals surface area contributed by atoms with Gasteiger partial charge in [-0.15, -0.1) is 11.3 Å². The molecule has 2 aromatic rings. The number of hydrogen-bond donors (Lipinski definition) is 3. The van der Waals surface area contributed by atoms with E-state index in [4.69, 9.17) is 0 Å². The highest BCUT2D eigenvalue weighted by Crippen LogP contribution is 2.27. The molecule has 0 aliphatic carbocycles. The highest BCUT2D eigenvalue weighted by atomic mass is 32.1. The summed E-state index contributed by atoms with van der Waals surface area (Å²) in [5, 5.41) is 25.5. The third-order valence-electron chi connectivity index (χ3n) is 2.75. The Morgan fingerprint density at radius 2 is 2.22 bits per heavy atom. The molecule has 0 aliphatic rings. The van der Waals surface area contributed by atoms with Crippen molar-refractivity contribution < 1.29 is 10.2 Å². The number of aromatic nitrogens is 1. The summed E-state index contributed by atoms with van der Waals surface area (Å²) in [6, 6.07) is 4.54. The molecule has 4 nitrogen and oxygen atoms in total. The van der Waals surface area contributed by atoms with E-state index in [1.165, 1.54) is 12.1 Å². The van der Waals surface area contributed by atoms with E-state index in [2.05, 4.69) is 10.3 Å². The van der Waals surface area contributed by atoms with Gasteiger partial charge in [0.05, 0.1) is 5.01 Å². The lowest BCUT2D eigenvalue weighted by atomic mass is 10.1. The zero-order valence-corrected chi connectivity index (χ0v) is 10.9. The van der Waals surface area contributed by atoms with Gasteiger partial charge in [0.25, 0.3) is 0 Å². The molecule has 18 heavy (non-hydrogen) atoms. The molecular formula is C13H16N2O2S. The maximum absolute atomic E-state index is 9.73. The lowest BCUT2D eigenvalue weighted by Crippen LogP contribution is -2.21. The lowest BCUT2D eigenvalue weighted by Gasteiger charge is -2.15. The molecule has 0 amide bonds. The number of aromatic hydroxyl groups is 2. The quantitative estimate of drug-likeness (QED) is 0.726. The van der Waals surface area contributed by atoms with Gasteiger partial charge in [0.1, 0.15) is 11.5 Å². The van der Waals surface area contributed by atoms with Crippen molar-refractivity contribution in [3.63, 3.8) is 0 Å². The summed E-state index contributed by atoms with van der Waals surface area (Å²) in [6.45, 7) is 2.74. The first-order chi connectivity index (χ1) is 8.66. The first kappa shape index (κ1) is 12.9. The van der Waals surface area contributed by atoms with Gasteiger partial charge in [0.2, 0.25) is 0 Å². The first-order valence-corrected chi connectivity index (χ1v) is 6.68. The third kappa shape index (κ3) is 3.21. The Morgan fingerprint density at radius 3 is 2.94 bits per heavy atom. The number of hydrogen-bond acceptors (Lipinski definition) is 5. The van der Waals surface area contributed by atoms with Crippen LogP contribution in [0, 0.1) is 0 Å². The maximum atomic E-state index is 9.73. The molecule has 1 unspecified atom stereocenters. The Hall–Kier alpha value is -1.59. The molecule has 0 saturated carbocycles. The van der Waals surface area contributed by atoms with Crippen LogP contribution >= 0.6 is 11.3 Å². The summed E-state index contributed by atoms with van der Waals surface area (Å²) < 4.78 is 0. The molecule has 1 aromatic carbocycles. The summed E-state index contributed by atoms with van der Waals surface area (Å²) in [7, 11) is 0. The fourth-order valence-electron chi connectivity index (χ4n) is 1.77. The molecule has 0 saturated heterocycles. The first-order valence-electron chi connectivity index (χ1n) is 5.80. The largest absolute Gasteiger partial charge is 0.508 e. The van der Waals surface area contributed by atoms with Crippen molar-refractivity contribution in [3.8, 4) is 11.5 Å². The van der Waals surface area contributed by atoms with E-state index in [0.717, 1.165) is 18.0 Å². The normalized spacial score (nSPS) is 12.5. The van der Waals surface area contributed by atoms with Gasteiger partial charge in [0.15, 0.2) is 0 Å². The summed E-state index contributed by atoms with van der Waals surface area (Å²) in [5.41, 5.74) is 0.703. The summed E-state index contributed by atoms with van der Waals surface area (Å²) in [5.74, 6) is 0.360. The Balaban J connectivity index is 1.91. The molecule has 5 heteroatoms. The molecule has 0 aliphatic heterocycles. The van der Waals surface area contributed by atoms with Crippen molar-refractivity contribution in [1.82, 2.24) is 10.3 Å². The number of nitrogens with one attached hydrogen (secondary N) is 1. The van der Waals surface area contributed by atoms with Crippen molar-refractivity contribution in [3.05, 3.63) is 40.3 Å². The zero-order valence-electron chi connectivity index (χ0n) is 10.1. The third-order valence-corrected chi connectivity index (χ3v) is 3.59. The topological polar surface area (TPSA) is 65.4 Å². The van der Waals surface area contributed by atoms with Gasteiger partial charge in [-0.25, -0.2) is 4.98 Å². The van der Waals surface area contributed by atoms with Crippen molar-refractivity contribution in [2.45, 2.75) is 19.4 Å². The van der Waals surface area contributed by atoms with Crippen LogP contribution in [0.25, 0.3) is 0 Å². The van der Waals surface area contributed by atoms with Gasteiger partial charge in [-0.3, -0.25) is 0 Å². The van der Waals surface area contributed by atoms with Gasteiger partial charge in [-0.1, -0.05) is 0 Å². The van der Waals surface area contributed by atoms with Crippen molar-refractivity contribution in [2.24, 2.45) is 0 Å². The second kappa shape index (κ2) is 5.84. The summed E-state index contributed by atoms with van der Waals surface area (Å²) >= 11 is 1.64. The van der Waals surface area contributed by atoms with Crippen LogP contribution in [-0.2, 0) is 6.42 Å². The lowest BCUT2D eigenvalue weighted by molar-refractivity contribution is 0.441. The highest BCUT2D eigenvalue weighted by molar-refractivity contribution is 7.09. The van der Waals surface area contributed by atoms with Crippen molar-refractivity contribution >= 4 is 11.3 Å². The van der Waals surface area contributed by atoms with Crippen LogP contribution < -0.4 is 5.32 Å². The minimum Gasteiger partial charge on any atom is -0.508 e. The Bertz CT molecular complexity index is 500. The van der Waals surface area contributed by atoms with Crippen LogP contribution in [0.2, 0.25) is 0 Å². The monoisotopic (exact) mass is 264 g/mol. The standard InChI is InChI=1S/C13H16N2O2S/c1-9(11-8-10(16)2-3-12(11)17)14-5-4-13-15-6-7-18-13/h2-3,6-9,14,16-17H,4-5H2,1H3. The van der Waals surface area contributed by atoms with E-state index < -0.39 is 0 Å². The number of phenolic OH excluding ortho intramolecular Hbond substituents is 2. The molecular weight excluding hydrogens is 248 g/mol. The average molecular weight is 264 g/mol. The fraction of sp³-hybridized carbons (Fsp3) is 0.308. The molecule has 1 atom stereocenters. The van der Waals surface area contributed by atoms with Crippen LogP contribution in [0.15, 0.2) is 29.8 Å². The molecule has 1 aromatic heterocycles. The molecule has 0 spiro atoms. The second-order valence-corrected chi connectivity index (χ2v) is 5.07. The van der Waals surface area contributed by atoms with Crippen LogP contribution in [0.3, 0.4) is 0 Å². The van der Waals surface area contributed by atoms with Crippen LogP contribution in [0.4, 0.5) is 0 Å². The van der Waals surface area contributed by atoms with Crippen LogP contribution in [-0.4, -0.2) is 21.7 Å². The van der Waals surface area contributed by atoms with E-state index in [0.29, 0.717) is 5.56 Å². The number of thiazole rings is 1. The number of benzene rings is 1. The van der Waals surface area contributed by atoms with Crippen molar-refractivity contribution in [2.75, 3.05) is 6.54 Å². The number of nitrogens with zero attached hydrogens (tertiary/aromatic N) is 1. The molecule has 0 bridgehead atoms. The average Bonchev–Trinajstić information content (AvgIpc) is 2.85. The van der Waals surface area contributed by atoms with Gasteiger partial charge in [-0.2, -0.15) is 0 Å². The predicted molar refractivity (Wildman–Crippen MR) is 72.0 cm³/mol. The zero-order chi connectivity index (χ0) is 13.0. The van der Waals surface area contributed by atoms with Gasteiger partial charge in [-0.05, 0) is 25.1 Å². The fourth-order valence-corrected chi connectivity index (χ4v) is 2.39. The van der Waals surface area contributed by atoms with Crippen LogP contribution in [0.1, 0.15) is 23.5 Å². The Kier molecular flexibility index (Phi) is 4.17. The number of rotatable bonds is 5. The van der Waals surface area contributed by atoms with E-state index in [-0.39, 0.29) is 17.5 Å². The summed E-state index contributed by atoms with van der Waals surface area (Å²) in [6.07, 6.45) is 2.66. The van der Waals surface area contributed by atoms with Gasteiger partial charge in [0, 0.05) is 36.1 Å². The number of phenols is 2. The molecule has 0 radical (unpaired) electrons. The molecule has 96 valence electrons. The molecule has 2 rings (SSSR count). The smallest absolute Gasteiger partial charge is 0.120 e. The minimum atomic E-state index is -0.0166. The van der Waals surface area contributed by atoms with Crippen LogP contribution in [0.5, 0.6) is 11.5 Å². The molecule has 0 fully saturated rings. The Morgan fingerprint density at radius 1 is 1.39 bits per heavy atom. The Labute approximate surface area is 110 Å². The van der Waals surface area contributed by atoms with E-state index in [9.17, 15) is 10.2 Å².